The summed E-state index contributed by atoms with van der Waals surface area (Å²) in [5.41, 5.74) is 3.13. The van der Waals surface area contributed by atoms with Gasteiger partial charge >= 0.3 is 0 Å². The number of aryl methyl sites for hydroxylation is 1. The summed E-state index contributed by atoms with van der Waals surface area (Å²) in [5, 5.41) is 1.61. The van der Waals surface area contributed by atoms with Gasteiger partial charge in [0.2, 0.25) is 0 Å². The first-order valence-electron chi connectivity index (χ1n) is 4.90. The molecule has 0 aliphatic rings. The summed E-state index contributed by atoms with van der Waals surface area (Å²) in [6, 6.07) is 9.66. The van der Waals surface area contributed by atoms with Crippen molar-refractivity contribution in [3.05, 3.63) is 54.5 Å². The minimum absolute atomic E-state index is 0.477. The normalized spacial score (nSPS) is 10.6. The highest BCUT2D eigenvalue weighted by Gasteiger charge is 2.11. The van der Waals surface area contributed by atoms with Crippen molar-refractivity contribution in [1.29, 1.82) is 0 Å². The quantitative estimate of drug-likeness (QED) is 0.395. The topological polar surface area (TPSA) is 0 Å². The SMILES string of the molecule is Cc1ccc(-c2cc(Cl)cc(Cl)c2Cl)c(I)c1. The van der Waals surface area contributed by atoms with E-state index in [0.29, 0.717) is 15.1 Å². The van der Waals surface area contributed by atoms with E-state index in [1.165, 1.54) is 5.56 Å². The second kappa shape index (κ2) is 5.35. The van der Waals surface area contributed by atoms with Crippen molar-refractivity contribution in [3.63, 3.8) is 0 Å². The first-order chi connectivity index (χ1) is 7.99. The fourth-order valence-electron chi connectivity index (χ4n) is 1.59. The Kier molecular flexibility index (Phi) is 4.24. The molecule has 0 aliphatic heterocycles. The van der Waals surface area contributed by atoms with Gasteiger partial charge in [-0.2, -0.15) is 0 Å². The Morgan fingerprint density at radius 2 is 1.65 bits per heavy atom. The second-order valence-electron chi connectivity index (χ2n) is 3.73. The lowest BCUT2D eigenvalue weighted by molar-refractivity contribution is 1.44. The van der Waals surface area contributed by atoms with Crippen LogP contribution in [0.5, 0.6) is 0 Å². The first-order valence-corrected chi connectivity index (χ1v) is 7.11. The van der Waals surface area contributed by atoms with Gasteiger partial charge in [-0.15, -0.1) is 0 Å². The Balaban J connectivity index is 2.68. The standard InChI is InChI=1S/C13H8Cl3I/c1-7-2-3-9(12(17)4-7)10-5-8(14)6-11(15)13(10)16/h2-6H,1H3. The van der Waals surface area contributed by atoms with Crippen molar-refractivity contribution >= 4 is 57.4 Å². The molecule has 2 rings (SSSR count). The van der Waals surface area contributed by atoms with Crippen molar-refractivity contribution < 1.29 is 0 Å². The molecule has 0 saturated heterocycles. The molecular formula is C13H8Cl3I. The number of hydrogen-bond donors (Lipinski definition) is 0. The molecule has 0 radical (unpaired) electrons. The molecule has 0 aromatic heterocycles. The van der Waals surface area contributed by atoms with Crippen molar-refractivity contribution in [1.82, 2.24) is 0 Å². The number of halogens is 4. The summed E-state index contributed by atoms with van der Waals surface area (Å²) >= 11 is 20.5. The fraction of sp³-hybridized carbons (Fsp3) is 0.0769. The van der Waals surface area contributed by atoms with Gasteiger partial charge in [-0.25, -0.2) is 0 Å². The maximum absolute atomic E-state index is 6.22. The maximum Gasteiger partial charge on any atom is 0.0672 e. The summed E-state index contributed by atoms with van der Waals surface area (Å²) in [6.07, 6.45) is 0. The van der Waals surface area contributed by atoms with Crippen LogP contribution in [-0.2, 0) is 0 Å². The van der Waals surface area contributed by atoms with Gasteiger partial charge in [0.05, 0.1) is 10.0 Å². The molecule has 17 heavy (non-hydrogen) atoms. The van der Waals surface area contributed by atoms with E-state index in [9.17, 15) is 0 Å². The van der Waals surface area contributed by atoms with Crippen molar-refractivity contribution in [2.45, 2.75) is 6.92 Å². The molecule has 0 spiro atoms. The largest absolute Gasteiger partial charge is 0.0843 e. The molecule has 0 amide bonds. The molecule has 0 heterocycles. The number of rotatable bonds is 1. The van der Waals surface area contributed by atoms with E-state index < -0.39 is 0 Å². The Hall–Kier alpha value is 0.0400. The predicted octanol–water partition coefficient (Wildman–Crippen LogP) is 6.23. The molecule has 0 fully saturated rings. The highest BCUT2D eigenvalue weighted by atomic mass is 127. The molecule has 4 heteroatoms. The van der Waals surface area contributed by atoms with Gasteiger partial charge in [-0.3, -0.25) is 0 Å². The van der Waals surface area contributed by atoms with Crippen molar-refractivity contribution in [2.24, 2.45) is 0 Å². The van der Waals surface area contributed by atoms with Crippen LogP contribution in [0.15, 0.2) is 30.3 Å². The Bertz CT molecular complexity index is 579. The Morgan fingerprint density at radius 3 is 2.29 bits per heavy atom. The van der Waals surface area contributed by atoms with Gasteiger partial charge in [-0.1, -0.05) is 52.5 Å². The van der Waals surface area contributed by atoms with Crippen LogP contribution in [-0.4, -0.2) is 0 Å². The van der Waals surface area contributed by atoms with E-state index in [4.69, 9.17) is 34.8 Å². The second-order valence-corrected chi connectivity index (χ2v) is 6.12. The Morgan fingerprint density at radius 1 is 0.941 bits per heavy atom. The lowest BCUT2D eigenvalue weighted by Crippen LogP contribution is -1.86. The summed E-state index contributed by atoms with van der Waals surface area (Å²) in [6.45, 7) is 2.05. The molecule has 0 saturated carbocycles. The summed E-state index contributed by atoms with van der Waals surface area (Å²) in [4.78, 5) is 0. The van der Waals surface area contributed by atoms with Crippen LogP contribution < -0.4 is 0 Å². The third-order valence-corrected chi connectivity index (χ3v) is 4.32. The molecule has 0 unspecified atom stereocenters. The molecule has 88 valence electrons. The highest BCUT2D eigenvalue weighted by Crippen LogP contribution is 2.38. The summed E-state index contributed by atoms with van der Waals surface area (Å²) in [7, 11) is 0. The van der Waals surface area contributed by atoms with Crippen LogP contribution in [0.3, 0.4) is 0 Å². The smallest absolute Gasteiger partial charge is 0.0672 e. The molecular weight excluding hydrogens is 389 g/mol. The van der Waals surface area contributed by atoms with Crippen LogP contribution in [0.25, 0.3) is 11.1 Å². The first kappa shape index (κ1) is 13.5. The molecule has 2 aromatic rings. The van der Waals surface area contributed by atoms with E-state index in [2.05, 4.69) is 35.6 Å². The minimum Gasteiger partial charge on any atom is -0.0843 e. The van der Waals surface area contributed by atoms with Crippen LogP contribution in [0.2, 0.25) is 15.1 Å². The molecule has 0 N–H and O–H groups in total. The summed E-state index contributed by atoms with van der Waals surface area (Å²) < 4.78 is 1.13. The molecule has 0 aliphatic carbocycles. The van der Waals surface area contributed by atoms with Crippen LogP contribution >= 0.6 is 57.4 Å². The Labute approximate surface area is 129 Å². The van der Waals surface area contributed by atoms with E-state index in [1.54, 1.807) is 6.07 Å². The van der Waals surface area contributed by atoms with Gasteiger partial charge in [0.1, 0.15) is 0 Å². The van der Waals surface area contributed by atoms with Gasteiger partial charge in [0.15, 0.2) is 0 Å². The number of benzene rings is 2. The van der Waals surface area contributed by atoms with E-state index in [-0.39, 0.29) is 0 Å². The minimum atomic E-state index is 0.477. The fourth-order valence-corrected chi connectivity index (χ4v) is 3.26. The van der Waals surface area contributed by atoms with Crippen LogP contribution in [0, 0.1) is 10.5 Å². The zero-order chi connectivity index (χ0) is 12.6. The monoisotopic (exact) mass is 396 g/mol. The third kappa shape index (κ3) is 2.90. The lowest BCUT2D eigenvalue weighted by Gasteiger charge is -2.10. The van der Waals surface area contributed by atoms with Crippen LogP contribution in [0.4, 0.5) is 0 Å². The van der Waals surface area contributed by atoms with Crippen molar-refractivity contribution in [3.8, 4) is 11.1 Å². The van der Waals surface area contributed by atoms with Crippen LogP contribution in [0.1, 0.15) is 5.56 Å². The van der Waals surface area contributed by atoms with Gasteiger partial charge in [0.25, 0.3) is 0 Å². The molecule has 0 bridgehead atoms. The predicted molar refractivity (Wildman–Crippen MR) is 84.4 cm³/mol. The zero-order valence-electron chi connectivity index (χ0n) is 8.90. The molecule has 2 aromatic carbocycles. The van der Waals surface area contributed by atoms with Gasteiger partial charge in [-0.05, 0) is 53.3 Å². The van der Waals surface area contributed by atoms with Gasteiger partial charge < -0.3 is 0 Å². The highest BCUT2D eigenvalue weighted by molar-refractivity contribution is 14.1. The van der Waals surface area contributed by atoms with E-state index in [1.807, 2.05) is 18.2 Å². The van der Waals surface area contributed by atoms with E-state index in [0.717, 1.165) is 14.7 Å². The van der Waals surface area contributed by atoms with E-state index >= 15 is 0 Å². The molecule has 0 nitrogen and oxygen atoms in total. The lowest BCUT2D eigenvalue weighted by atomic mass is 10.0. The average molecular weight is 397 g/mol. The number of hydrogen-bond acceptors (Lipinski definition) is 0. The molecule has 0 atom stereocenters. The third-order valence-electron chi connectivity index (χ3n) is 2.41. The maximum atomic E-state index is 6.22. The average Bonchev–Trinajstić information content (AvgIpc) is 2.24. The zero-order valence-corrected chi connectivity index (χ0v) is 13.3. The van der Waals surface area contributed by atoms with Gasteiger partial charge in [0, 0.05) is 14.2 Å². The van der Waals surface area contributed by atoms with Crippen molar-refractivity contribution in [2.75, 3.05) is 0 Å². The summed E-state index contributed by atoms with van der Waals surface area (Å²) in [5.74, 6) is 0.